The Morgan fingerprint density at radius 2 is 1.79 bits per heavy atom. The molecule has 0 bridgehead atoms. The van der Waals surface area contributed by atoms with Crippen molar-refractivity contribution in [3.05, 3.63) is 60.2 Å². The lowest BCUT2D eigenvalue weighted by Crippen LogP contribution is -2.69. The number of para-hydroxylation sites is 1. The Hall–Kier alpha value is -2.33. The quantitative estimate of drug-likeness (QED) is 0.841. The summed E-state index contributed by atoms with van der Waals surface area (Å²) < 4.78 is 5.68. The second-order valence-corrected chi connectivity index (χ2v) is 4.28. The summed E-state index contributed by atoms with van der Waals surface area (Å²) >= 11 is 0. The van der Waals surface area contributed by atoms with Gasteiger partial charge in [0.25, 0.3) is 0 Å². The van der Waals surface area contributed by atoms with Gasteiger partial charge in [0.1, 0.15) is 17.5 Å². The number of carboxylic acids is 1. The summed E-state index contributed by atoms with van der Waals surface area (Å²) in [4.78, 5) is 10.7. The number of hydrogen-bond acceptors (Lipinski definition) is 3. The highest BCUT2D eigenvalue weighted by atomic mass is 16.5. The van der Waals surface area contributed by atoms with Crippen LogP contribution in [-0.2, 0) is 11.2 Å². The van der Waals surface area contributed by atoms with E-state index in [1.807, 2.05) is 54.6 Å². The van der Waals surface area contributed by atoms with Crippen molar-refractivity contribution >= 4 is 5.97 Å². The van der Waals surface area contributed by atoms with E-state index in [-0.39, 0.29) is 0 Å². The number of benzene rings is 2. The predicted octanol–water partition coefficient (Wildman–Crippen LogP) is 0.382. The molecule has 0 amide bonds. The van der Waals surface area contributed by atoms with Gasteiger partial charge in [-0.3, -0.25) is 0 Å². The van der Waals surface area contributed by atoms with Crippen LogP contribution in [0.1, 0.15) is 5.56 Å². The van der Waals surface area contributed by atoms with Gasteiger partial charge in [0, 0.05) is 6.42 Å². The Morgan fingerprint density at radius 3 is 2.47 bits per heavy atom. The molecule has 0 saturated heterocycles. The van der Waals surface area contributed by atoms with Crippen molar-refractivity contribution in [3.8, 4) is 11.5 Å². The molecule has 0 unspecified atom stereocenters. The summed E-state index contributed by atoms with van der Waals surface area (Å²) in [5.41, 5.74) is 4.40. The summed E-state index contributed by atoms with van der Waals surface area (Å²) in [6.45, 7) is 0. The van der Waals surface area contributed by atoms with Crippen LogP contribution in [0.3, 0.4) is 0 Å². The molecule has 0 aromatic heterocycles. The molecule has 0 aliphatic carbocycles. The number of carboxylic acid groups (broad SMARTS) is 1. The van der Waals surface area contributed by atoms with Gasteiger partial charge in [-0.2, -0.15) is 0 Å². The summed E-state index contributed by atoms with van der Waals surface area (Å²) in [6, 6.07) is 16.0. The summed E-state index contributed by atoms with van der Waals surface area (Å²) in [7, 11) is 0. The average Bonchev–Trinajstić information content (AvgIpc) is 2.40. The van der Waals surface area contributed by atoms with Crippen LogP contribution in [0.2, 0.25) is 0 Å². The van der Waals surface area contributed by atoms with Crippen molar-refractivity contribution in [1.82, 2.24) is 0 Å². The minimum Gasteiger partial charge on any atom is -0.544 e. The van der Waals surface area contributed by atoms with Crippen molar-refractivity contribution in [3.63, 3.8) is 0 Å². The molecule has 19 heavy (non-hydrogen) atoms. The molecular weight excluding hydrogens is 242 g/mol. The van der Waals surface area contributed by atoms with Crippen LogP contribution < -0.4 is 15.6 Å². The first-order chi connectivity index (χ1) is 9.15. The molecule has 4 heteroatoms. The second kappa shape index (κ2) is 6.02. The number of aliphatic carboxylic acids is 1. The molecular formula is C15H15NO3. The fourth-order valence-electron chi connectivity index (χ4n) is 1.73. The van der Waals surface area contributed by atoms with E-state index in [1.165, 1.54) is 0 Å². The standard InChI is InChI=1S/C15H15NO3/c16-14(15(17)18)10-11-5-4-8-13(9-11)19-12-6-2-1-3-7-12/h1-9,14H,10,16H2,(H,17,18)/t14-/m0/s1. The number of quaternary nitrogens is 1. The van der Waals surface area contributed by atoms with E-state index in [4.69, 9.17) is 4.74 Å². The Labute approximate surface area is 111 Å². The molecule has 1 atom stereocenters. The van der Waals surface area contributed by atoms with Crippen LogP contribution in [0.25, 0.3) is 0 Å². The summed E-state index contributed by atoms with van der Waals surface area (Å²) in [6.07, 6.45) is 0.328. The van der Waals surface area contributed by atoms with Crippen molar-refractivity contribution in [2.45, 2.75) is 12.5 Å². The number of ether oxygens (including phenoxy) is 1. The van der Waals surface area contributed by atoms with Crippen LogP contribution in [0.4, 0.5) is 0 Å². The van der Waals surface area contributed by atoms with E-state index in [1.54, 1.807) is 0 Å². The topological polar surface area (TPSA) is 77.0 Å². The monoisotopic (exact) mass is 257 g/mol. The maximum absolute atomic E-state index is 10.7. The molecule has 0 heterocycles. The molecule has 2 rings (SSSR count). The van der Waals surface area contributed by atoms with Crippen LogP contribution in [0.15, 0.2) is 54.6 Å². The molecule has 0 fully saturated rings. The van der Waals surface area contributed by atoms with E-state index in [9.17, 15) is 9.90 Å². The summed E-state index contributed by atoms with van der Waals surface area (Å²) in [5, 5.41) is 10.7. The van der Waals surface area contributed by atoms with E-state index in [0.717, 1.165) is 11.3 Å². The van der Waals surface area contributed by atoms with Gasteiger partial charge >= 0.3 is 0 Å². The highest BCUT2D eigenvalue weighted by Gasteiger charge is 2.09. The molecule has 0 aliphatic heterocycles. The van der Waals surface area contributed by atoms with Crippen molar-refractivity contribution in [2.24, 2.45) is 0 Å². The van der Waals surface area contributed by atoms with Gasteiger partial charge in [0.05, 0.1) is 5.97 Å². The normalized spacial score (nSPS) is 11.8. The lowest BCUT2D eigenvalue weighted by Gasteiger charge is -2.11. The van der Waals surface area contributed by atoms with Gasteiger partial charge < -0.3 is 20.4 Å². The van der Waals surface area contributed by atoms with Gasteiger partial charge in [-0.1, -0.05) is 30.3 Å². The van der Waals surface area contributed by atoms with Crippen molar-refractivity contribution in [2.75, 3.05) is 0 Å². The van der Waals surface area contributed by atoms with Gasteiger partial charge in [0.15, 0.2) is 0 Å². The van der Waals surface area contributed by atoms with Gasteiger partial charge in [-0.25, -0.2) is 0 Å². The molecule has 2 aromatic rings. The maximum Gasteiger partial charge on any atom is 0.129 e. The zero-order valence-electron chi connectivity index (χ0n) is 10.4. The maximum atomic E-state index is 10.7. The van der Waals surface area contributed by atoms with Gasteiger partial charge in [-0.05, 0) is 29.8 Å². The molecule has 98 valence electrons. The molecule has 2 aromatic carbocycles. The third-order valence-electron chi connectivity index (χ3n) is 2.69. The average molecular weight is 257 g/mol. The number of hydrogen-bond donors (Lipinski definition) is 1. The lowest BCUT2D eigenvalue weighted by molar-refractivity contribution is -0.437. The van der Waals surface area contributed by atoms with Crippen LogP contribution in [0, 0.1) is 0 Å². The van der Waals surface area contributed by atoms with E-state index in [0.29, 0.717) is 12.2 Å². The third-order valence-corrected chi connectivity index (χ3v) is 2.69. The molecule has 0 radical (unpaired) electrons. The van der Waals surface area contributed by atoms with Crippen molar-refractivity contribution in [1.29, 1.82) is 0 Å². The summed E-state index contributed by atoms with van der Waals surface area (Å²) in [5.74, 6) is 0.273. The highest BCUT2D eigenvalue weighted by molar-refractivity contribution is 5.69. The minimum absolute atomic E-state index is 0.328. The fourth-order valence-corrected chi connectivity index (χ4v) is 1.73. The van der Waals surface area contributed by atoms with Gasteiger partial charge in [0.2, 0.25) is 0 Å². The van der Waals surface area contributed by atoms with E-state index >= 15 is 0 Å². The number of carbonyl (C=O) groups excluding carboxylic acids is 1. The highest BCUT2D eigenvalue weighted by Crippen LogP contribution is 2.22. The van der Waals surface area contributed by atoms with Gasteiger partial charge in [-0.15, -0.1) is 0 Å². The Bertz CT molecular complexity index is 554. The first-order valence-electron chi connectivity index (χ1n) is 6.01. The Kier molecular flexibility index (Phi) is 4.15. The zero-order valence-corrected chi connectivity index (χ0v) is 10.4. The van der Waals surface area contributed by atoms with Crippen LogP contribution in [0.5, 0.6) is 11.5 Å². The Balaban J connectivity index is 2.09. The minimum atomic E-state index is -1.14. The van der Waals surface area contributed by atoms with Crippen molar-refractivity contribution < 1.29 is 20.4 Å². The van der Waals surface area contributed by atoms with E-state index < -0.39 is 12.0 Å². The second-order valence-electron chi connectivity index (χ2n) is 4.28. The number of carbonyl (C=O) groups is 1. The van der Waals surface area contributed by atoms with Crippen LogP contribution in [-0.4, -0.2) is 12.0 Å². The zero-order chi connectivity index (χ0) is 13.7. The SMILES string of the molecule is [NH3+][C@@H](Cc1cccc(Oc2ccccc2)c1)C(=O)[O-]. The fraction of sp³-hybridized carbons (Fsp3) is 0.133. The largest absolute Gasteiger partial charge is 0.544 e. The Morgan fingerprint density at radius 1 is 1.11 bits per heavy atom. The molecule has 0 saturated carbocycles. The molecule has 0 aliphatic rings. The van der Waals surface area contributed by atoms with Crippen LogP contribution >= 0.6 is 0 Å². The molecule has 4 nitrogen and oxygen atoms in total. The lowest BCUT2D eigenvalue weighted by atomic mass is 10.1. The van der Waals surface area contributed by atoms with E-state index in [2.05, 4.69) is 5.73 Å². The first kappa shape index (κ1) is 13.1. The predicted molar refractivity (Wildman–Crippen MR) is 68.3 cm³/mol. The first-order valence-corrected chi connectivity index (χ1v) is 6.01. The molecule has 3 N–H and O–H groups in total. The molecule has 0 spiro atoms. The number of rotatable bonds is 5. The smallest absolute Gasteiger partial charge is 0.129 e. The third kappa shape index (κ3) is 3.82.